The Hall–Kier alpha value is -3.21. The lowest BCUT2D eigenvalue weighted by atomic mass is 10.2. The number of carbonyl (C=O) groups is 1. The Labute approximate surface area is 192 Å². The van der Waals surface area contributed by atoms with E-state index in [1.165, 1.54) is 35.5 Å². The summed E-state index contributed by atoms with van der Waals surface area (Å²) in [5.74, 6) is 0.800. The van der Waals surface area contributed by atoms with Gasteiger partial charge in [0.25, 0.3) is 0 Å². The van der Waals surface area contributed by atoms with Crippen LogP contribution in [-0.4, -0.2) is 32.7 Å². The first-order valence-electron chi connectivity index (χ1n) is 9.94. The van der Waals surface area contributed by atoms with E-state index in [4.69, 9.17) is 9.47 Å². The average Bonchev–Trinajstić information content (AvgIpc) is 3.05. The predicted molar refractivity (Wildman–Crippen MR) is 117 cm³/mol. The van der Waals surface area contributed by atoms with Gasteiger partial charge < -0.3 is 9.47 Å². The molecule has 33 heavy (non-hydrogen) atoms. The van der Waals surface area contributed by atoms with Crippen molar-refractivity contribution >= 4 is 17.7 Å². The Kier molecular flexibility index (Phi) is 7.52. The molecule has 0 aliphatic rings. The number of benzene rings is 2. The first-order chi connectivity index (χ1) is 15.6. The fraction of sp³-hybridized carbons (Fsp3) is 0.318. The Balaban J connectivity index is 1.70. The monoisotopic (exact) mass is 481 g/mol. The Morgan fingerprint density at radius 2 is 1.85 bits per heavy atom. The molecule has 0 spiro atoms. The SMILES string of the molecule is CCOC(=O)CSc1ccc(OCc2nn(-c3ccc(C(F)(F)F)cc3)c(=O)n2C)c(C)c1. The molecule has 1 aromatic heterocycles. The molecule has 0 aliphatic heterocycles. The van der Waals surface area contributed by atoms with Gasteiger partial charge in [-0.15, -0.1) is 16.9 Å². The molecule has 3 rings (SSSR count). The van der Waals surface area contributed by atoms with Crippen LogP contribution in [0.5, 0.6) is 5.75 Å². The molecule has 0 amide bonds. The van der Waals surface area contributed by atoms with Crippen molar-refractivity contribution < 1.29 is 27.4 Å². The van der Waals surface area contributed by atoms with Crippen molar-refractivity contribution in [3.05, 3.63) is 69.9 Å². The highest BCUT2D eigenvalue weighted by atomic mass is 32.2. The van der Waals surface area contributed by atoms with Gasteiger partial charge in [0.15, 0.2) is 5.82 Å². The van der Waals surface area contributed by atoms with Crippen molar-refractivity contribution in [2.45, 2.75) is 31.5 Å². The molecule has 176 valence electrons. The van der Waals surface area contributed by atoms with E-state index in [0.29, 0.717) is 18.2 Å². The number of rotatable bonds is 8. The topological polar surface area (TPSA) is 75.3 Å². The van der Waals surface area contributed by atoms with E-state index in [-0.39, 0.29) is 24.0 Å². The number of esters is 1. The number of ether oxygens (including phenoxy) is 2. The van der Waals surface area contributed by atoms with Crippen molar-refractivity contribution in [2.24, 2.45) is 7.05 Å². The molecule has 0 fully saturated rings. The number of nitrogens with zero attached hydrogens (tertiary/aromatic N) is 3. The van der Waals surface area contributed by atoms with Gasteiger partial charge in [0.2, 0.25) is 0 Å². The lowest BCUT2D eigenvalue weighted by Crippen LogP contribution is -2.22. The van der Waals surface area contributed by atoms with Crippen molar-refractivity contribution in [3.8, 4) is 11.4 Å². The Morgan fingerprint density at radius 3 is 2.45 bits per heavy atom. The third-order valence-electron chi connectivity index (χ3n) is 4.68. The van der Waals surface area contributed by atoms with E-state index in [0.717, 1.165) is 27.3 Å². The Morgan fingerprint density at radius 1 is 1.15 bits per heavy atom. The van der Waals surface area contributed by atoms with Crippen LogP contribution in [0, 0.1) is 6.92 Å². The molecule has 0 atom stereocenters. The summed E-state index contributed by atoms with van der Waals surface area (Å²) in [4.78, 5) is 24.9. The molecule has 0 N–H and O–H groups in total. The normalized spacial score (nSPS) is 11.5. The predicted octanol–water partition coefficient (Wildman–Crippen LogP) is 4.13. The van der Waals surface area contributed by atoms with E-state index in [1.54, 1.807) is 13.0 Å². The molecule has 2 aromatic carbocycles. The van der Waals surface area contributed by atoms with Crippen molar-refractivity contribution in [3.63, 3.8) is 0 Å². The minimum absolute atomic E-state index is 0.0183. The number of halogens is 3. The maximum absolute atomic E-state index is 12.8. The number of thioether (sulfide) groups is 1. The van der Waals surface area contributed by atoms with Crippen LogP contribution < -0.4 is 10.4 Å². The highest BCUT2D eigenvalue weighted by Gasteiger charge is 2.30. The van der Waals surface area contributed by atoms with Crippen molar-refractivity contribution in [1.29, 1.82) is 0 Å². The summed E-state index contributed by atoms with van der Waals surface area (Å²) in [5, 5.41) is 4.21. The first kappa shape index (κ1) is 24.4. The van der Waals surface area contributed by atoms with Crippen LogP contribution in [0.2, 0.25) is 0 Å². The van der Waals surface area contributed by atoms with Crippen LogP contribution >= 0.6 is 11.8 Å². The molecule has 0 radical (unpaired) electrons. The third-order valence-corrected chi connectivity index (χ3v) is 5.64. The summed E-state index contributed by atoms with van der Waals surface area (Å²) >= 11 is 1.35. The zero-order valence-electron chi connectivity index (χ0n) is 18.2. The van der Waals surface area contributed by atoms with Gasteiger partial charge in [0.05, 0.1) is 23.6 Å². The van der Waals surface area contributed by atoms with E-state index in [9.17, 15) is 22.8 Å². The maximum Gasteiger partial charge on any atom is 0.416 e. The molecular formula is C22H22F3N3O4S. The molecule has 0 saturated heterocycles. The van der Waals surface area contributed by atoms with Crippen LogP contribution in [0.25, 0.3) is 5.69 Å². The fourth-order valence-electron chi connectivity index (χ4n) is 2.92. The number of aryl methyl sites for hydroxylation is 1. The van der Waals surface area contributed by atoms with Gasteiger partial charge in [0, 0.05) is 11.9 Å². The number of hydrogen-bond donors (Lipinski definition) is 0. The summed E-state index contributed by atoms with van der Waals surface area (Å²) in [7, 11) is 1.51. The van der Waals surface area contributed by atoms with Crippen LogP contribution in [0.1, 0.15) is 23.9 Å². The quantitative estimate of drug-likeness (QED) is 0.356. The molecular weight excluding hydrogens is 459 g/mol. The number of aromatic nitrogens is 3. The molecule has 7 nitrogen and oxygen atoms in total. The molecule has 11 heteroatoms. The van der Waals surface area contributed by atoms with Gasteiger partial charge >= 0.3 is 17.8 Å². The second-order valence-electron chi connectivity index (χ2n) is 7.02. The van der Waals surface area contributed by atoms with Crippen molar-refractivity contribution in [1.82, 2.24) is 14.3 Å². The summed E-state index contributed by atoms with van der Waals surface area (Å²) in [6, 6.07) is 9.63. The number of hydrogen-bond acceptors (Lipinski definition) is 6. The van der Waals surface area contributed by atoms with Gasteiger partial charge in [-0.1, -0.05) is 0 Å². The van der Waals surface area contributed by atoms with Crippen molar-refractivity contribution in [2.75, 3.05) is 12.4 Å². The zero-order valence-corrected chi connectivity index (χ0v) is 19.0. The van der Waals surface area contributed by atoms with Gasteiger partial charge in [0.1, 0.15) is 12.4 Å². The van der Waals surface area contributed by atoms with Gasteiger partial charge in [-0.3, -0.25) is 9.36 Å². The maximum atomic E-state index is 12.8. The van der Waals surface area contributed by atoms with E-state index >= 15 is 0 Å². The smallest absolute Gasteiger partial charge is 0.416 e. The summed E-state index contributed by atoms with van der Waals surface area (Å²) in [6.07, 6.45) is -4.46. The first-order valence-corrected chi connectivity index (χ1v) is 10.9. The second kappa shape index (κ2) is 10.2. The average molecular weight is 481 g/mol. The summed E-state index contributed by atoms with van der Waals surface area (Å²) in [5.41, 5.74) is -0.265. The molecule has 1 heterocycles. The van der Waals surface area contributed by atoms with E-state index in [2.05, 4.69) is 5.10 Å². The van der Waals surface area contributed by atoms with Crippen LogP contribution in [-0.2, 0) is 29.4 Å². The molecule has 0 saturated carbocycles. The highest BCUT2D eigenvalue weighted by Crippen LogP contribution is 2.29. The molecule has 0 bridgehead atoms. The minimum Gasteiger partial charge on any atom is -0.485 e. The summed E-state index contributed by atoms with van der Waals surface area (Å²) in [6.45, 7) is 3.92. The standard InChI is InChI=1S/C22H22F3N3O4S/c1-4-31-20(29)13-33-17-9-10-18(14(2)11-17)32-12-19-26-28(21(30)27(19)3)16-7-5-15(6-8-16)22(23,24)25/h5-11H,4,12-13H2,1-3H3. The van der Waals surface area contributed by atoms with Crippen LogP contribution in [0.4, 0.5) is 13.2 Å². The minimum atomic E-state index is -4.46. The lowest BCUT2D eigenvalue weighted by Gasteiger charge is -2.10. The number of alkyl halides is 3. The van der Waals surface area contributed by atoms with Gasteiger partial charge in [-0.05, 0) is 61.9 Å². The second-order valence-corrected chi connectivity index (χ2v) is 8.07. The van der Waals surface area contributed by atoms with Crippen LogP contribution in [0.15, 0.2) is 52.2 Å². The summed E-state index contributed by atoms with van der Waals surface area (Å²) < 4.78 is 51.3. The zero-order chi connectivity index (χ0) is 24.2. The van der Waals surface area contributed by atoms with Gasteiger partial charge in [-0.25, -0.2) is 4.79 Å². The molecule has 3 aromatic rings. The van der Waals surface area contributed by atoms with E-state index in [1.807, 2.05) is 19.1 Å². The molecule has 0 unspecified atom stereocenters. The fourth-order valence-corrected chi connectivity index (χ4v) is 3.72. The van der Waals surface area contributed by atoms with E-state index < -0.39 is 17.4 Å². The third kappa shape index (κ3) is 5.98. The number of carbonyl (C=O) groups excluding carboxylic acids is 1. The highest BCUT2D eigenvalue weighted by molar-refractivity contribution is 8.00. The Bertz CT molecular complexity index is 1190. The van der Waals surface area contributed by atoms with Crippen LogP contribution in [0.3, 0.4) is 0 Å². The largest absolute Gasteiger partial charge is 0.485 e. The molecule has 0 aliphatic carbocycles. The van der Waals surface area contributed by atoms with Gasteiger partial charge in [-0.2, -0.15) is 17.9 Å². The lowest BCUT2D eigenvalue weighted by molar-refractivity contribution is -0.140.